The molecule has 0 atom stereocenters. The molecule has 0 bridgehead atoms. The first-order chi connectivity index (χ1) is 9.30. The Balaban J connectivity index is 0. The van der Waals surface area contributed by atoms with Crippen molar-refractivity contribution in [3.63, 3.8) is 0 Å². The predicted molar refractivity (Wildman–Crippen MR) is 79.4 cm³/mol. The van der Waals surface area contributed by atoms with E-state index >= 15 is 0 Å². The van der Waals surface area contributed by atoms with Crippen molar-refractivity contribution < 1.29 is 49.0 Å². The molecule has 0 radical (unpaired) electrons. The standard InChI is InChI=1S/C8H8.2C5H5.2ClH.Zr/c1-2-8-6-4-3-5-7-8;2*1-2-4-5-3-1;;;/h3-7H,1H3;2*1-3H,4H2;2*1H;/q;2*-1;;;+2/p-2. The fourth-order valence-electron chi connectivity index (χ4n) is 1.37. The van der Waals surface area contributed by atoms with Gasteiger partial charge in [-0.1, -0.05) is 0 Å². The molecule has 0 spiro atoms. The molecular formula is C18H18Cl2Zr-2. The molecule has 0 amide bonds. The van der Waals surface area contributed by atoms with Crippen molar-refractivity contribution in [3.8, 4) is 0 Å². The topological polar surface area (TPSA) is 0 Å². The summed E-state index contributed by atoms with van der Waals surface area (Å²) in [5.41, 5.74) is 1.37. The van der Waals surface area contributed by atoms with Crippen LogP contribution in [0.25, 0.3) is 0 Å². The van der Waals surface area contributed by atoms with Crippen LogP contribution in [-0.2, 0) is 24.2 Å². The fourth-order valence-corrected chi connectivity index (χ4v) is 1.78. The molecule has 2 aliphatic rings. The van der Waals surface area contributed by atoms with Crippen LogP contribution in [0.5, 0.6) is 0 Å². The Morgan fingerprint density at radius 3 is 1.57 bits per heavy atom. The van der Waals surface area contributed by atoms with E-state index in [9.17, 15) is 0 Å². The fraction of sp³-hybridized carbons (Fsp3) is 0.167. The van der Waals surface area contributed by atoms with Crippen LogP contribution in [0.3, 0.4) is 0 Å². The molecule has 3 heteroatoms. The molecule has 0 aromatic heterocycles. The van der Waals surface area contributed by atoms with Gasteiger partial charge in [0.25, 0.3) is 0 Å². The first kappa shape index (κ1) is 22.8. The minimum atomic E-state index is 0. The number of hydrogen-bond acceptors (Lipinski definition) is 0. The Hall–Kier alpha value is -0.487. The second-order valence-corrected chi connectivity index (χ2v) is 5.84. The van der Waals surface area contributed by atoms with Crippen LogP contribution in [0.4, 0.5) is 0 Å². The molecule has 0 saturated heterocycles. The van der Waals surface area contributed by atoms with Crippen LogP contribution in [0, 0.1) is 12.2 Å². The molecule has 2 aliphatic carbocycles. The summed E-state index contributed by atoms with van der Waals surface area (Å²) in [6.45, 7) is 2.16. The molecule has 0 N–H and O–H groups in total. The summed E-state index contributed by atoms with van der Waals surface area (Å²) in [5, 5.41) is 0. The maximum absolute atomic E-state index is 2.99. The number of hydrogen-bond donors (Lipinski definition) is 0. The minimum Gasteiger partial charge on any atom is -1.00 e. The van der Waals surface area contributed by atoms with E-state index in [-0.39, 0.29) is 24.8 Å². The van der Waals surface area contributed by atoms with E-state index in [0.29, 0.717) is 0 Å². The third kappa shape index (κ3) is 12.9. The smallest absolute Gasteiger partial charge is 0.109 e. The molecule has 110 valence electrons. The van der Waals surface area contributed by atoms with Crippen molar-refractivity contribution in [2.75, 3.05) is 0 Å². The van der Waals surface area contributed by atoms with Gasteiger partial charge in [-0.3, -0.25) is 12.2 Å². The van der Waals surface area contributed by atoms with Crippen LogP contribution in [0.1, 0.15) is 25.3 Å². The van der Waals surface area contributed by atoms with Crippen LogP contribution >= 0.6 is 0 Å². The molecule has 0 unspecified atom stereocenters. The normalized spacial score (nSPS) is 12.3. The van der Waals surface area contributed by atoms with Crippen LogP contribution in [0.15, 0.2) is 66.8 Å². The van der Waals surface area contributed by atoms with E-state index in [1.54, 1.807) is 0 Å². The summed E-state index contributed by atoms with van der Waals surface area (Å²) in [7, 11) is 0. The van der Waals surface area contributed by atoms with Gasteiger partial charge in [0.1, 0.15) is 0 Å². The van der Waals surface area contributed by atoms with Crippen molar-refractivity contribution in [1.82, 2.24) is 0 Å². The number of allylic oxidation sites excluding steroid dienone is 8. The Kier molecular flexibility index (Phi) is 17.2. The maximum atomic E-state index is 2.99. The SMILES string of the molecule is C[C](=[Zr+2])c1ccccc1.[C-]1=CC=CC1.[C-]1=CC=CC1.[Cl-].[Cl-]. The molecule has 1 aromatic carbocycles. The molecule has 1 aromatic rings. The molecule has 3 rings (SSSR count). The summed E-state index contributed by atoms with van der Waals surface area (Å²) in [4.78, 5) is 0. The molecule has 0 fully saturated rings. The zero-order valence-corrected chi connectivity index (χ0v) is 16.0. The van der Waals surface area contributed by atoms with E-state index in [4.69, 9.17) is 0 Å². The summed E-state index contributed by atoms with van der Waals surface area (Å²) < 4.78 is 1.46. The Labute approximate surface area is 155 Å². The van der Waals surface area contributed by atoms with Crippen LogP contribution in [0.2, 0.25) is 0 Å². The average Bonchev–Trinajstić information content (AvgIpc) is 3.18. The third-order valence-corrected chi connectivity index (χ3v) is 3.09. The van der Waals surface area contributed by atoms with Gasteiger partial charge in [-0.05, 0) is 0 Å². The molecule has 0 nitrogen and oxygen atoms in total. The van der Waals surface area contributed by atoms with Gasteiger partial charge < -0.3 is 24.8 Å². The monoisotopic (exact) mass is 394 g/mol. The second kappa shape index (κ2) is 15.9. The van der Waals surface area contributed by atoms with E-state index < -0.39 is 0 Å². The number of benzene rings is 1. The number of rotatable bonds is 1. The minimum absolute atomic E-state index is 0. The molecule has 0 heterocycles. The number of halogens is 2. The van der Waals surface area contributed by atoms with Gasteiger partial charge in [0.15, 0.2) is 0 Å². The zero-order chi connectivity index (χ0) is 13.8. The Morgan fingerprint density at radius 1 is 0.905 bits per heavy atom. The van der Waals surface area contributed by atoms with E-state index in [1.807, 2.05) is 30.4 Å². The molecule has 21 heavy (non-hydrogen) atoms. The van der Waals surface area contributed by atoms with Gasteiger partial charge in [-0.15, -0.1) is 12.8 Å². The second-order valence-electron chi connectivity index (χ2n) is 4.00. The maximum Gasteiger partial charge on any atom is -0.109 e. The van der Waals surface area contributed by atoms with Crippen molar-refractivity contribution in [2.24, 2.45) is 0 Å². The van der Waals surface area contributed by atoms with Gasteiger partial charge in [-0.25, -0.2) is 24.3 Å². The first-order valence-corrected chi connectivity index (χ1v) is 7.57. The van der Waals surface area contributed by atoms with Gasteiger partial charge >= 0.3 is 70.3 Å². The van der Waals surface area contributed by atoms with Crippen molar-refractivity contribution in [1.29, 1.82) is 0 Å². The average molecular weight is 396 g/mol. The van der Waals surface area contributed by atoms with E-state index in [1.165, 1.54) is 33.0 Å². The Bertz CT molecular complexity index is 443. The molecule has 0 saturated carbocycles. The molecular weight excluding hydrogens is 378 g/mol. The van der Waals surface area contributed by atoms with Crippen LogP contribution in [-0.4, -0.2) is 3.21 Å². The Morgan fingerprint density at radius 2 is 1.38 bits per heavy atom. The zero-order valence-electron chi connectivity index (χ0n) is 12.0. The third-order valence-electron chi connectivity index (χ3n) is 2.38. The summed E-state index contributed by atoms with van der Waals surface area (Å²) >= 11 is 1.51. The predicted octanol–water partition coefficient (Wildman–Crippen LogP) is -1.61. The van der Waals surface area contributed by atoms with Crippen molar-refractivity contribution in [3.05, 3.63) is 84.5 Å². The van der Waals surface area contributed by atoms with Crippen LogP contribution < -0.4 is 24.8 Å². The van der Waals surface area contributed by atoms with Gasteiger partial charge in [0, 0.05) is 0 Å². The van der Waals surface area contributed by atoms with Gasteiger partial charge in [0.2, 0.25) is 0 Å². The van der Waals surface area contributed by atoms with Crippen molar-refractivity contribution in [2.45, 2.75) is 19.8 Å². The molecule has 0 aliphatic heterocycles. The summed E-state index contributed by atoms with van der Waals surface area (Å²) in [6.07, 6.45) is 20.0. The van der Waals surface area contributed by atoms with E-state index in [2.05, 4.69) is 55.5 Å². The quantitative estimate of drug-likeness (QED) is 0.502. The largest absolute Gasteiger partial charge is 1.00 e. The van der Waals surface area contributed by atoms with E-state index in [0.717, 1.165) is 12.8 Å². The summed E-state index contributed by atoms with van der Waals surface area (Å²) in [5.74, 6) is 0. The summed E-state index contributed by atoms with van der Waals surface area (Å²) in [6, 6.07) is 10.5. The van der Waals surface area contributed by atoms with Gasteiger partial charge in [0.05, 0.1) is 0 Å². The van der Waals surface area contributed by atoms with Gasteiger partial charge in [-0.2, -0.15) is 12.2 Å². The first-order valence-electron chi connectivity index (χ1n) is 6.34. The van der Waals surface area contributed by atoms with Crippen molar-refractivity contribution >= 4 is 3.21 Å².